The molecule has 6 nitrogen and oxygen atoms in total. The molecule has 0 spiro atoms. The van der Waals surface area contributed by atoms with Gasteiger partial charge in [0.1, 0.15) is 0 Å². The van der Waals surface area contributed by atoms with Crippen LogP contribution in [0.15, 0.2) is 59.6 Å². The summed E-state index contributed by atoms with van der Waals surface area (Å²) in [5, 5.41) is 4.06. The summed E-state index contributed by atoms with van der Waals surface area (Å²) in [6.07, 6.45) is 6.54. The molecule has 1 aliphatic heterocycles. The molecule has 2 heterocycles. The standard InChI is InChI=1S/C23H27N3O3S/c27-23(24-13-12-19-17-25-22-11-4-3-10-21(19)22)18-8-7-9-20(16-18)30(28,29)26-14-5-1-2-6-15-26/h3-4,7-11,16-17,25H,1-2,5-6,12-15H2,(H,24,27). The molecule has 1 aliphatic rings. The lowest BCUT2D eigenvalue weighted by molar-refractivity contribution is 0.0954. The number of H-pyrrole nitrogens is 1. The first-order valence-corrected chi connectivity index (χ1v) is 11.9. The SMILES string of the molecule is O=C(NCCc1c[nH]c2ccccc12)c1cccc(S(=O)(=O)N2CCCCCC2)c1. The highest BCUT2D eigenvalue weighted by atomic mass is 32.2. The van der Waals surface area contributed by atoms with Crippen molar-refractivity contribution in [2.45, 2.75) is 37.0 Å². The zero-order chi connectivity index (χ0) is 21.0. The summed E-state index contributed by atoms with van der Waals surface area (Å²) in [4.78, 5) is 16.0. The van der Waals surface area contributed by atoms with Crippen LogP contribution in [0, 0.1) is 0 Å². The molecule has 4 rings (SSSR count). The average Bonchev–Trinajstić information content (AvgIpc) is 2.97. The first kappa shape index (κ1) is 20.6. The lowest BCUT2D eigenvalue weighted by Crippen LogP contribution is -2.32. The van der Waals surface area contributed by atoms with Crippen molar-refractivity contribution in [1.29, 1.82) is 0 Å². The predicted octanol–water partition coefficient (Wildman–Crippen LogP) is 3.71. The second kappa shape index (κ2) is 9.02. The van der Waals surface area contributed by atoms with E-state index in [4.69, 9.17) is 0 Å². The number of aromatic nitrogens is 1. The molecule has 1 amide bonds. The van der Waals surface area contributed by atoms with Crippen LogP contribution in [-0.4, -0.2) is 43.2 Å². The summed E-state index contributed by atoms with van der Waals surface area (Å²) in [5.41, 5.74) is 2.58. The van der Waals surface area contributed by atoms with E-state index < -0.39 is 10.0 Å². The maximum Gasteiger partial charge on any atom is 0.251 e. The number of nitrogens with one attached hydrogen (secondary N) is 2. The number of hydrogen-bond donors (Lipinski definition) is 2. The van der Waals surface area contributed by atoms with Crippen LogP contribution >= 0.6 is 0 Å². The third kappa shape index (κ3) is 4.42. The highest BCUT2D eigenvalue weighted by Crippen LogP contribution is 2.21. The maximum atomic E-state index is 13.0. The zero-order valence-electron chi connectivity index (χ0n) is 16.9. The van der Waals surface area contributed by atoms with Gasteiger partial charge in [-0.1, -0.05) is 37.1 Å². The fourth-order valence-electron chi connectivity index (χ4n) is 3.98. The Morgan fingerprint density at radius 3 is 2.57 bits per heavy atom. The van der Waals surface area contributed by atoms with Crippen molar-refractivity contribution in [1.82, 2.24) is 14.6 Å². The van der Waals surface area contributed by atoms with Crippen LogP contribution < -0.4 is 5.32 Å². The van der Waals surface area contributed by atoms with E-state index in [2.05, 4.69) is 16.4 Å². The predicted molar refractivity (Wildman–Crippen MR) is 118 cm³/mol. The highest BCUT2D eigenvalue weighted by Gasteiger charge is 2.25. The molecular formula is C23H27N3O3S. The molecule has 3 aromatic rings. The summed E-state index contributed by atoms with van der Waals surface area (Å²) in [7, 11) is -3.57. The maximum absolute atomic E-state index is 13.0. The smallest absolute Gasteiger partial charge is 0.251 e. The Balaban J connectivity index is 1.42. The van der Waals surface area contributed by atoms with E-state index in [9.17, 15) is 13.2 Å². The van der Waals surface area contributed by atoms with Crippen LogP contribution in [0.3, 0.4) is 0 Å². The van der Waals surface area contributed by atoms with Gasteiger partial charge in [0.15, 0.2) is 0 Å². The van der Waals surface area contributed by atoms with Gasteiger partial charge in [-0.2, -0.15) is 4.31 Å². The number of aromatic amines is 1. The van der Waals surface area contributed by atoms with E-state index in [-0.39, 0.29) is 10.8 Å². The minimum atomic E-state index is -3.57. The van der Waals surface area contributed by atoms with Crippen LogP contribution in [-0.2, 0) is 16.4 Å². The van der Waals surface area contributed by atoms with Gasteiger partial charge in [-0.05, 0) is 49.1 Å². The van der Waals surface area contributed by atoms with Crippen LogP contribution in [0.1, 0.15) is 41.6 Å². The number of sulfonamides is 1. The molecule has 0 radical (unpaired) electrons. The molecule has 2 N–H and O–H groups in total. The second-order valence-corrected chi connectivity index (χ2v) is 9.65. The quantitative estimate of drug-likeness (QED) is 0.632. The Bertz CT molecular complexity index is 1130. The first-order valence-electron chi connectivity index (χ1n) is 10.5. The highest BCUT2D eigenvalue weighted by molar-refractivity contribution is 7.89. The Labute approximate surface area is 177 Å². The fraction of sp³-hybridized carbons (Fsp3) is 0.348. The lowest BCUT2D eigenvalue weighted by atomic mass is 10.1. The molecule has 2 aromatic carbocycles. The summed E-state index contributed by atoms with van der Waals surface area (Å²) in [6.45, 7) is 1.57. The third-order valence-corrected chi connectivity index (χ3v) is 7.55. The van der Waals surface area contributed by atoms with Crippen LogP contribution in [0.2, 0.25) is 0 Å². The second-order valence-electron chi connectivity index (χ2n) is 7.71. The van der Waals surface area contributed by atoms with Gasteiger partial charge in [0.25, 0.3) is 5.91 Å². The van der Waals surface area contributed by atoms with Gasteiger partial charge in [-0.3, -0.25) is 4.79 Å². The van der Waals surface area contributed by atoms with Gasteiger partial charge in [-0.25, -0.2) is 8.42 Å². The largest absolute Gasteiger partial charge is 0.361 e. The molecule has 1 aromatic heterocycles. The Morgan fingerprint density at radius 2 is 1.77 bits per heavy atom. The lowest BCUT2D eigenvalue weighted by Gasteiger charge is -2.20. The third-order valence-electron chi connectivity index (χ3n) is 5.65. The van der Waals surface area contributed by atoms with Crippen molar-refractivity contribution < 1.29 is 13.2 Å². The Hall–Kier alpha value is -2.64. The minimum absolute atomic E-state index is 0.189. The Morgan fingerprint density at radius 1 is 1.00 bits per heavy atom. The van der Waals surface area contributed by atoms with Crippen molar-refractivity contribution in [2.75, 3.05) is 19.6 Å². The minimum Gasteiger partial charge on any atom is -0.361 e. The zero-order valence-corrected chi connectivity index (χ0v) is 17.7. The van der Waals surface area contributed by atoms with E-state index in [0.717, 1.165) is 42.1 Å². The van der Waals surface area contributed by atoms with E-state index in [1.165, 1.54) is 6.07 Å². The van der Waals surface area contributed by atoms with Crippen LogP contribution in [0.5, 0.6) is 0 Å². The number of hydrogen-bond acceptors (Lipinski definition) is 3. The Kier molecular flexibility index (Phi) is 6.20. The van der Waals surface area contributed by atoms with Crippen molar-refractivity contribution in [2.24, 2.45) is 0 Å². The first-order chi connectivity index (χ1) is 14.6. The van der Waals surface area contributed by atoms with E-state index in [0.29, 0.717) is 31.6 Å². The van der Waals surface area contributed by atoms with Crippen LogP contribution in [0.4, 0.5) is 0 Å². The van der Waals surface area contributed by atoms with E-state index >= 15 is 0 Å². The van der Waals surface area contributed by atoms with Crippen molar-refractivity contribution in [3.8, 4) is 0 Å². The number of rotatable bonds is 6. The molecule has 7 heteroatoms. The van der Waals surface area contributed by atoms with Crippen molar-refractivity contribution >= 4 is 26.8 Å². The van der Waals surface area contributed by atoms with Gasteiger partial charge < -0.3 is 10.3 Å². The molecule has 0 unspecified atom stereocenters. The average molecular weight is 426 g/mol. The molecule has 0 bridgehead atoms. The van der Waals surface area contributed by atoms with Crippen molar-refractivity contribution in [3.63, 3.8) is 0 Å². The number of para-hydroxylation sites is 1. The van der Waals surface area contributed by atoms with Gasteiger partial charge in [0, 0.05) is 42.3 Å². The van der Waals surface area contributed by atoms with Crippen LogP contribution in [0.25, 0.3) is 10.9 Å². The topological polar surface area (TPSA) is 82.3 Å². The van der Waals surface area contributed by atoms with Gasteiger partial charge in [0.05, 0.1) is 4.90 Å². The van der Waals surface area contributed by atoms with Gasteiger partial charge >= 0.3 is 0 Å². The normalized spacial score (nSPS) is 15.7. The van der Waals surface area contributed by atoms with E-state index in [1.807, 2.05) is 24.4 Å². The summed E-state index contributed by atoms with van der Waals surface area (Å²) in [5.74, 6) is -0.261. The number of fused-ring (bicyclic) bond motifs is 1. The number of nitrogens with zero attached hydrogens (tertiary/aromatic N) is 1. The summed E-state index contributed by atoms with van der Waals surface area (Å²) in [6, 6.07) is 14.4. The van der Waals surface area contributed by atoms with E-state index in [1.54, 1.807) is 22.5 Å². The molecule has 0 atom stereocenters. The molecule has 30 heavy (non-hydrogen) atoms. The number of amides is 1. The van der Waals surface area contributed by atoms with Crippen molar-refractivity contribution in [3.05, 3.63) is 65.9 Å². The molecule has 0 aliphatic carbocycles. The fourth-order valence-corrected chi connectivity index (χ4v) is 5.54. The summed E-state index contributed by atoms with van der Waals surface area (Å²) < 4.78 is 27.5. The molecule has 0 saturated carbocycles. The number of benzene rings is 2. The number of carbonyl (C=O) groups excluding carboxylic acids is 1. The summed E-state index contributed by atoms with van der Waals surface area (Å²) >= 11 is 0. The monoisotopic (exact) mass is 425 g/mol. The van der Waals surface area contributed by atoms with Gasteiger partial charge in [-0.15, -0.1) is 0 Å². The number of carbonyl (C=O) groups is 1. The molecule has 1 saturated heterocycles. The molecule has 158 valence electrons. The molecule has 1 fully saturated rings. The van der Waals surface area contributed by atoms with Gasteiger partial charge in [0.2, 0.25) is 10.0 Å². The molecular weight excluding hydrogens is 398 g/mol.